The van der Waals surface area contributed by atoms with Crippen molar-refractivity contribution in [2.24, 2.45) is 0 Å². The highest BCUT2D eigenvalue weighted by Crippen LogP contribution is 2.18. The van der Waals surface area contributed by atoms with Crippen molar-refractivity contribution in [1.82, 2.24) is 30.8 Å². The van der Waals surface area contributed by atoms with Crippen LogP contribution in [0.15, 0.2) is 24.5 Å². The highest BCUT2D eigenvalue weighted by molar-refractivity contribution is 5.92. The van der Waals surface area contributed by atoms with Crippen LogP contribution in [-0.4, -0.2) is 44.2 Å². The Kier molecular flexibility index (Phi) is 5.12. The molecular formula is C15H21N7O2. The highest BCUT2D eigenvalue weighted by atomic mass is 16.2. The molecule has 0 unspecified atom stereocenters. The molecule has 0 aliphatic heterocycles. The van der Waals surface area contributed by atoms with Gasteiger partial charge in [0.2, 0.25) is 5.91 Å². The van der Waals surface area contributed by atoms with Crippen molar-refractivity contribution < 1.29 is 9.59 Å². The Balaban J connectivity index is 1.95. The molecule has 0 spiro atoms. The van der Waals surface area contributed by atoms with Crippen molar-refractivity contribution in [2.45, 2.75) is 33.2 Å². The van der Waals surface area contributed by atoms with Gasteiger partial charge >= 0.3 is 6.03 Å². The fourth-order valence-electron chi connectivity index (χ4n) is 2.00. The molecule has 2 aromatic rings. The van der Waals surface area contributed by atoms with Gasteiger partial charge in [-0.15, -0.1) is 5.10 Å². The average molecular weight is 331 g/mol. The second-order valence-electron chi connectivity index (χ2n) is 6.36. The van der Waals surface area contributed by atoms with Crippen LogP contribution in [0.2, 0.25) is 0 Å². The summed E-state index contributed by atoms with van der Waals surface area (Å²) in [5.41, 5.74) is 1.94. The molecule has 0 aliphatic rings. The van der Waals surface area contributed by atoms with Gasteiger partial charge in [-0.2, -0.15) is 0 Å². The maximum Gasteiger partial charge on any atom is 0.319 e. The molecule has 1 aromatic carbocycles. The first kappa shape index (κ1) is 17.4. The van der Waals surface area contributed by atoms with E-state index in [2.05, 4.69) is 31.5 Å². The standard InChI is InChI=1S/C15H21N7O2/c1-10-5-6-11(7-12(10)22-9-17-20-21-22)18-14(24)16-8-13(23)19-15(2,3)4/h5-7,9H,8H2,1-4H3,(H,19,23)(H2,16,18,24). The number of carbonyl (C=O) groups excluding carboxylic acids is 2. The zero-order valence-electron chi connectivity index (χ0n) is 14.1. The molecule has 1 aromatic heterocycles. The number of amides is 3. The van der Waals surface area contributed by atoms with Crippen molar-refractivity contribution in [3.63, 3.8) is 0 Å². The summed E-state index contributed by atoms with van der Waals surface area (Å²) < 4.78 is 1.51. The third-order valence-corrected chi connectivity index (χ3v) is 2.99. The first-order valence-electron chi connectivity index (χ1n) is 7.44. The Labute approximate surface area is 139 Å². The number of aryl methyl sites for hydroxylation is 1. The van der Waals surface area contributed by atoms with Crippen molar-refractivity contribution in [3.8, 4) is 5.69 Å². The lowest BCUT2D eigenvalue weighted by atomic mass is 10.1. The average Bonchev–Trinajstić information content (AvgIpc) is 2.99. The minimum absolute atomic E-state index is 0.102. The van der Waals surface area contributed by atoms with Gasteiger partial charge in [0.25, 0.3) is 0 Å². The summed E-state index contributed by atoms with van der Waals surface area (Å²) in [6, 6.07) is 4.89. The predicted octanol–water partition coefficient (Wildman–Crippen LogP) is 1.01. The number of urea groups is 1. The summed E-state index contributed by atoms with van der Waals surface area (Å²) in [6.45, 7) is 7.43. The summed E-state index contributed by atoms with van der Waals surface area (Å²) in [4.78, 5) is 23.6. The van der Waals surface area contributed by atoms with Gasteiger partial charge in [0.15, 0.2) is 0 Å². The molecule has 9 nitrogen and oxygen atoms in total. The van der Waals surface area contributed by atoms with Crippen LogP contribution in [0.25, 0.3) is 5.69 Å². The number of hydrogen-bond donors (Lipinski definition) is 3. The maximum atomic E-state index is 11.9. The van der Waals surface area contributed by atoms with Gasteiger partial charge in [-0.25, -0.2) is 9.48 Å². The number of nitrogens with one attached hydrogen (secondary N) is 3. The van der Waals surface area contributed by atoms with Crippen LogP contribution in [0.3, 0.4) is 0 Å². The Morgan fingerprint density at radius 2 is 2.00 bits per heavy atom. The summed E-state index contributed by atoms with van der Waals surface area (Å²) in [7, 11) is 0. The fraction of sp³-hybridized carbons (Fsp3) is 0.400. The van der Waals surface area contributed by atoms with Gasteiger partial charge in [0.05, 0.1) is 12.2 Å². The van der Waals surface area contributed by atoms with Crippen molar-refractivity contribution in [2.75, 3.05) is 11.9 Å². The quantitative estimate of drug-likeness (QED) is 0.773. The maximum absolute atomic E-state index is 11.9. The number of benzene rings is 1. The van der Waals surface area contributed by atoms with Crippen molar-refractivity contribution in [3.05, 3.63) is 30.1 Å². The van der Waals surface area contributed by atoms with Crippen LogP contribution in [0, 0.1) is 6.92 Å². The van der Waals surface area contributed by atoms with Gasteiger partial charge < -0.3 is 16.0 Å². The van der Waals surface area contributed by atoms with Crippen LogP contribution in [-0.2, 0) is 4.79 Å². The first-order chi connectivity index (χ1) is 11.2. The van der Waals surface area contributed by atoms with E-state index in [1.54, 1.807) is 12.1 Å². The molecule has 24 heavy (non-hydrogen) atoms. The molecule has 0 radical (unpaired) electrons. The monoisotopic (exact) mass is 331 g/mol. The molecule has 0 fully saturated rings. The summed E-state index contributed by atoms with van der Waals surface area (Å²) >= 11 is 0. The van der Waals surface area contributed by atoms with Gasteiger partial charge in [-0.3, -0.25) is 4.79 Å². The van der Waals surface area contributed by atoms with Crippen molar-refractivity contribution in [1.29, 1.82) is 0 Å². The Bertz CT molecular complexity index is 720. The molecule has 0 saturated heterocycles. The van der Waals surface area contributed by atoms with Gasteiger partial charge in [-0.05, 0) is 55.8 Å². The Morgan fingerprint density at radius 3 is 2.62 bits per heavy atom. The third kappa shape index (κ3) is 5.04. The van der Waals surface area contributed by atoms with Crippen molar-refractivity contribution >= 4 is 17.6 Å². The smallest absolute Gasteiger partial charge is 0.319 e. The summed E-state index contributed by atoms with van der Waals surface area (Å²) in [5.74, 6) is -0.254. The number of rotatable bonds is 4. The Morgan fingerprint density at radius 1 is 1.25 bits per heavy atom. The molecule has 3 amide bonds. The van der Waals surface area contributed by atoms with Gasteiger partial charge in [-0.1, -0.05) is 6.07 Å². The normalized spacial score (nSPS) is 11.0. The number of tetrazole rings is 1. The molecule has 0 atom stereocenters. The number of anilines is 1. The Hall–Kier alpha value is -2.97. The zero-order valence-corrected chi connectivity index (χ0v) is 14.1. The van der Waals surface area contributed by atoms with Gasteiger partial charge in [0, 0.05) is 11.2 Å². The molecule has 2 rings (SSSR count). The van der Waals surface area contributed by atoms with Crippen LogP contribution >= 0.6 is 0 Å². The summed E-state index contributed by atoms with van der Waals surface area (Å²) in [5, 5.41) is 19.0. The molecule has 0 aliphatic carbocycles. The third-order valence-electron chi connectivity index (χ3n) is 2.99. The van der Waals surface area contributed by atoms with E-state index in [-0.39, 0.29) is 18.0 Å². The van der Waals surface area contributed by atoms with Crippen LogP contribution < -0.4 is 16.0 Å². The van der Waals surface area contributed by atoms with Crippen LogP contribution in [0.1, 0.15) is 26.3 Å². The lowest BCUT2D eigenvalue weighted by Gasteiger charge is -2.20. The molecule has 9 heteroatoms. The lowest BCUT2D eigenvalue weighted by Crippen LogP contribution is -2.46. The van der Waals surface area contributed by atoms with E-state index in [0.717, 1.165) is 11.3 Å². The van der Waals surface area contributed by atoms with E-state index in [1.807, 2.05) is 33.8 Å². The second-order valence-corrected chi connectivity index (χ2v) is 6.36. The first-order valence-corrected chi connectivity index (χ1v) is 7.44. The minimum atomic E-state index is -0.467. The van der Waals surface area contributed by atoms with E-state index in [1.165, 1.54) is 11.0 Å². The minimum Gasteiger partial charge on any atom is -0.350 e. The van der Waals surface area contributed by atoms with Crippen LogP contribution in [0.4, 0.5) is 10.5 Å². The molecule has 1 heterocycles. The van der Waals surface area contributed by atoms with E-state index < -0.39 is 6.03 Å². The largest absolute Gasteiger partial charge is 0.350 e. The molecular weight excluding hydrogens is 310 g/mol. The number of nitrogens with zero attached hydrogens (tertiary/aromatic N) is 4. The second kappa shape index (κ2) is 7.07. The lowest BCUT2D eigenvalue weighted by molar-refractivity contribution is -0.121. The number of carbonyl (C=O) groups is 2. The van der Waals surface area contributed by atoms with Crippen LogP contribution in [0.5, 0.6) is 0 Å². The number of hydrogen-bond acceptors (Lipinski definition) is 5. The fourth-order valence-corrected chi connectivity index (χ4v) is 2.00. The van der Waals surface area contributed by atoms with E-state index >= 15 is 0 Å². The topological polar surface area (TPSA) is 114 Å². The summed E-state index contributed by atoms with van der Waals surface area (Å²) in [6.07, 6.45) is 1.48. The van der Waals surface area contributed by atoms with E-state index in [4.69, 9.17) is 0 Å². The molecule has 0 saturated carbocycles. The molecule has 0 bridgehead atoms. The highest BCUT2D eigenvalue weighted by Gasteiger charge is 2.14. The van der Waals surface area contributed by atoms with E-state index in [9.17, 15) is 9.59 Å². The molecule has 3 N–H and O–H groups in total. The predicted molar refractivity (Wildman–Crippen MR) is 88.8 cm³/mol. The van der Waals surface area contributed by atoms with E-state index in [0.29, 0.717) is 5.69 Å². The van der Waals surface area contributed by atoms with Gasteiger partial charge in [0.1, 0.15) is 6.33 Å². The number of aromatic nitrogens is 4. The molecule has 128 valence electrons. The SMILES string of the molecule is Cc1ccc(NC(=O)NCC(=O)NC(C)(C)C)cc1-n1cnnn1. The zero-order chi connectivity index (χ0) is 17.7.